The number of nitrogens with zero attached hydrogens (tertiary/aromatic N) is 4. The average Bonchev–Trinajstić information content (AvgIpc) is 3.09. The van der Waals surface area contributed by atoms with Gasteiger partial charge in [0.1, 0.15) is 5.82 Å². The molecule has 2 atom stereocenters. The second-order valence-corrected chi connectivity index (χ2v) is 6.76. The summed E-state index contributed by atoms with van der Waals surface area (Å²) in [5.41, 5.74) is 8.47. The molecule has 0 amide bonds. The third-order valence-corrected chi connectivity index (χ3v) is 4.99. The van der Waals surface area contributed by atoms with E-state index >= 15 is 0 Å². The quantitative estimate of drug-likeness (QED) is 0.661. The van der Waals surface area contributed by atoms with Crippen molar-refractivity contribution in [2.45, 2.75) is 25.8 Å². The van der Waals surface area contributed by atoms with Crippen molar-refractivity contribution >= 4 is 28.6 Å². The lowest BCUT2D eigenvalue weighted by molar-refractivity contribution is -0.142. The summed E-state index contributed by atoms with van der Waals surface area (Å²) in [6.07, 6.45) is 3.24. The SMILES string of the molecule is CC1CCC(C(=O)O)CN1c1cc(-c2ccc3cn[nH]c3c2)nc(N)n1. The van der Waals surface area contributed by atoms with Crippen LogP contribution in [-0.4, -0.2) is 43.8 Å². The maximum Gasteiger partial charge on any atom is 0.308 e. The summed E-state index contributed by atoms with van der Waals surface area (Å²) in [4.78, 5) is 22.1. The topological polar surface area (TPSA) is 121 Å². The molecule has 2 aromatic heterocycles. The number of carboxylic acids is 1. The van der Waals surface area contributed by atoms with E-state index < -0.39 is 11.9 Å². The zero-order chi connectivity index (χ0) is 18.3. The second kappa shape index (κ2) is 6.29. The minimum Gasteiger partial charge on any atom is -0.481 e. The molecule has 4 N–H and O–H groups in total. The molecule has 1 aliphatic heterocycles. The number of fused-ring (bicyclic) bond motifs is 1. The van der Waals surface area contributed by atoms with Crippen LogP contribution in [0.5, 0.6) is 0 Å². The molecular formula is C18H20N6O2. The van der Waals surface area contributed by atoms with Gasteiger partial charge >= 0.3 is 5.97 Å². The van der Waals surface area contributed by atoms with Gasteiger partial charge in [-0.3, -0.25) is 9.89 Å². The van der Waals surface area contributed by atoms with Crippen molar-refractivity contribution in [3.8, 4) is 11.3 Å². The molecule has 4 rings (SSSR count). The highest BCUT2D eigenvalue weighted by molar-refractivity contribution is 5.83. The van der Waals surface area contributed by atoms with Crippen molar-refractivity contribution in [2.24, 2.45) is 5.92 Å². The summed E-state index contributed by atoms with van der Waals surface area (Å²) >= 11 is 0. The molecule has 0 bridgehead atoms. The number of hydrogen-bond acceptors (Lipinski definition) is 6. The Morgan fingerprint density at radius 2 is 2.15 bits per heavy atom. The molecule has 0 radical (unpaired) electrons. The van der Waals surface area contributed by atoms with Crippen molar-refractivity contribution in [2.75, 3.05) is 17.2 Å². The summed E-state index contributed by atoms with van der Waals surface area (Å²) in [5, 5.41) is 17.4. The maximum absolute atomic E-state index is 11.4. The molecule has 0 aliphatic carbocycles. The fourth-order valence-electron chi connectivity index (χ4n) is 3.47. The third-order valence-electron chi connectivity index (χ3n) is 4.99. The van der Waals surface area contributed by atoms with Gasteiger partial charge in [0.2, 0.25) is 5.95 Å². The molecule has 1 saturated heterocycles. The van der Waals surface area contributed by atoms with Crippen LogP contribution in [0.2, 0.25) is 0 Å². The van der Waals surface area contributed by atoms with E-state index in [1.54, 1.807) is 6.20 Å². The van der Waals surface area contributed by atoms with E-state index in [4.69, 9.17) is 5.73 Å². The van der Waals surface area contributed by atoms with Crippen LogP contribution < -0.4 is 10.6 Å². The van der Waals surface area contributed by atoms with Crippen LogP contribution >= 0.6 is 0 Å². The Balaban J connectivity index is 1.72. The Kier molecular flexibility index (Phi) is 3.95. The van der Waals surface area contributed by atoms with Crippen LogP contribution in [0.4, 0.5) is 11.8 Å². The van der Waals surface area contributed by atoms with E-state index in [2.05, 4.69) is 27.1 Å². The van der Waals surface area contributed by atoms with E-state index in [1.165, 1.54) is 0 Å². The zero-order valence-corrected chi connectivity index (χ0v) is 14.4. The fourth-order valence-corrected chi connectivity index (χ4v) is 3.47. The van der Waals surface area contributed by atoms with E-state index in [-0.39, 0.29) is 12.0 Å². The minimum absolute atomic E-state index is 0.173. The van der Waals surface area contributed by atoms with E-state index in [0.29, 0.717) is 24.5 Å². The third kappa shape index (κ3) is 2.94. The summed E-state index contributed by atoms with van der Waals surface area (Å²) in [6, 6.07) is 7.96. The molecular weight excluding hydrogens is 332 g/mol. The van der Waals surface area contributed by atoms with E-state index in [9.17, 15) is 9.90 Å². The smallest absolute Gasteiger partial charge is 0.308 e. The van der Waals surface area contributed by atoms with Gasteiger partial charge in [0.25, 0.3) is 0 Å². The van der Waals surface area contributed by atoms with Crippen molar-refractivity contribution < 1.29 is 9.90 Å². The highest BCUT2D eigenvalue weighted by atomic mass is 16.4. The molecule has 1 aliphatic rings. The molecule has 3 heterocycles. The highest BCUT2D eigenvalue weighted by Crippen LogP contribution is 2.30. The number of aromatic nitrogens is 4. The molecule has 3 aromatic rings. The van der Waals surface area contributed by atoms with Crippen LogP contribution in [0.25, 0.3) is 22.2 Å². The van der Waals surface area contributed by atoms with Gasteiger partial charge in [0.05, 0.1) is 23.3 Å². The predicted octanol–water partition coefficient (Wildman–Crippen LogP) is 2.29. The van der Waals surface area contributed by atoms with Crippen molar-refractivity contribution in [1.82, 2.24) is 20.2 Å². The first-order valence-electron chi connectivity index (χ1n) is 8.59. The molecule has 134 valence electrons. The highest BCUT2D eigenvalue weighted by Gasteiger charge is 2.31. The van der Waals surface area contributed by atoms with Crippen molar-refractivity contribution in [1.29, 1.82) is 0 Å². The van der Waals surface area contributed by atoms with Gasteiger partial charge in [-0.2, -0.15) is 10.1 Å². The summed E-state index contributed by atoms with van der Waals surface area (Å²) < 4.78 is 0. The van der Waals surface area contributed by atoms with E-state index in [0.717, 1.165) is 22.9 Å². The molecule has 0 spiro atoms. The van der Waals surface area contributed by atoms with Gasteiger partial charge < -0.3 is 15.7 Å². The van der Waals surface area contributed by atoms with Gasteiger partial charge in [0.15, 0.2) is 0 Å². The van der Waals surface area contributed by atoms with Gasteiger partial charge in [-0.1, -0.05) is 12.1 Å². The van der Waals surface area contributed by atoms with Gasteiger partial charge in [-0.25, -0.2) is 4.98 Å². The monoisotopic (exact) mass is 352 g/mol. The lowest BCUT2D eigenvalue weighted by atomic mass is 9.93. The molecule has 8 heteroatoms. The maximum atomic E-state index is 11.4. The lowest BCUT2D eigenvalue weighted by Crippen LogP contribution is -2.44. The number of nitrogens with two attached hydrogens (primary N) is 1. The number of nitrogens with one attached hydrogen (secondary N) is 1. The standard InChI is InChI=1S/C18H20N6O2/c1-10-2-3-13(17(25)26)9-24(10)16-7-14(21-18(19)22-16)11-4-5-12-8-20-23-15(12)6-11/h4-8,10,13H,2-3,9H2,1H3,(H,20,23)(H,25,26)(H2,19,21,22). The Labute approximate surface area is 150 Å². The van der Waals surface area contributed by atoms with Gasteiger partial charge in [0, 0.05) is 29.6 Å². The summed E-state index contributed by atoms with van der Waals surface area (Å²) in [6.45, 7) is 2.50. The Hall–Kier alpha value is -3.16. The van der Waals surface area contributed by atoms with Crippen molar-refractivity contribution in [3.63, 3.8) is 0 Å². The molecule has 8 nitrogen and oxygen atoms in total. The number of rotatable bonds is 3. The minimum atomic E-state index is -0.770. The normalized spacial score (nSPS) is 20.4. The average molecular weight is 352 g/mol. The van der Waals surface area contributed by atoms with Gasteiger partial charge in [-0.05, 0) is 25.8 Å². The first-order valence-corrected chi connectivity index (χ1v) is 8.59. The molecule has 1 fully saturated rings. The fraction of sp³-hybridized carbons (Fsp3) is 0.333. The molecule has 2 unspecified atom stereocenters. The van der Waals surface area contributed by atoms with Crippen LogP contribution in [0, 0.1) is 5.92 Å². The molecule has 0 saturated carbocycles. The lowest BCUT2D eigenvalue weighted by Gasteiger charge is -2.37. The number of piperidine rings is 1. The number of aliphatic carboxylic acids is 1. The van der Waals surface area contributed by atoms with Crippen molar-refractivity contribution in [3.05, 3.63) is 30.5 Å². The summed E-state index contributed by atoms with van der Waals surface area (Å²) in [7, 11) is 0. The second-order valence-electron chi connectivity index (χ2n) is 6.76. The number of aromatic amines is 1. The Morgan fingerprint density at radius 3 is 2.96 bits per heavy atom. The van der Waals surface area contributed by atoms with Crippen LogP contribution in [0.15, 0.2) is 30.5 Å². The number of H-pyrrole nitrogens is 1. The van der Waals surface area contributed by atoms with Crippen LogP contribution in [0.1, 0.15) is 19.8 Å². The number of hydrogen-bond donors (Lipinski definition) is 3. The Bertz CT molecular complexity index is 969. The number of nitrogen functional groups attached to an aromatic ring is 1. The Morgan fingerprint density at radius 1 is 1.31 bits per heavy atom. The van der Waals surface area contributed by atoms with E-state index in [1.807, 2.05) is 29.2 Å². The largest absolute Gasteiger partial charge is 0.481 e. The van der Waals surface area contributed by atoms with Gasteiger partial charge in [-0.15, -0.1) is 0 Å². The number of carboxylic acid groups (broad SMARTS) is 1. The number of carbonyl (C=O) groups is 1. The first-order chi connectivity index (χ1) is 12.5. The number of anilines is 2. The first kappa shape index (κ1) is 16.3. The molecule has 1 aromatic carbocycles. The summed E-state index contributed by atoms with van der Waals surface area (Å²) in [5.74, 6) is -0.330. The van der Waals surface area contributed by atoms with Crippen LogP contribution in [0.3, 0.4) is 0 Å². The zero-order valence-electron chi connectivity index (χ0n) is 14.4. The molecule has 26 heavy (non-hydrogen) atoms. The predicted molar refractivity (Wildman–Crippen MR) is 98.7 cm³/mol. The number of benzene rings is 1. The van der Waals surface area contributed by atoms with Crippen LogP contribution in [-0.2, 0) is 4.79 Å².